The fourth-order valence-corrected chi connectivity index (χ4v) is 2.67. The molecule has 1 atom stereocenters. The van der Waals surface area contributed by atoms with E-state index in [2.05, 4.69) is 10.6 Å². The Morgan fingerprint density at radius 1 is 1.26 bits per heavy atom. The van der Waals surface area contributed by atoms with E-state index in [0.717, 1.165) is 0 Å². The molecule has 2 N–H and O–H groups in total. The lowest BCUT2D eigenvalue weighted by molar-refractivity contribution is -0.117. The van der Waals surface area contributed by atoms with Crippen LogP contribution in [-0.2, 0) is 16.1 Å². The number of hydrogen-bond acceptors (Lipinski definition) is 4. The Labute approximate surface area is 162 Å². The summed E-state index contributed by atoms with van der Waals surface area (Å²) in [5.41, 5.74) is 0.950. The van der Waals surface area contributed by atoms with Gasteiger partial charge in [0.05, 0.1) is 13.2 Å². The normalized spacial score (nSPS) is 16.3. The Hall–Kier alpha value is -2.22. The lowest BCUT2D eigenvalue weighted by Crippen LogP contribution is -2.43. The standard InChI is InChI=1S/C19H20F2N2O3.ClH/c20-14-3-1-2-13(8-14)11-26-18-5-4-15(9-17(18)21)23-19(24)10-16-12-25-7-6-22-16;/h1-5,8-9,16,22H,6-7,10-12H2,(H,23,24);1H. The number of ether oxygens (including phenoxy) is 2. The molecule has 8 heteroatoms. The molecule has 1 saturated heterocycles. The molecule has 2 aromatic rings. The van der Waals surface area contributed by atoms with Crippen LogP contribution >= 0.6 is 12.4 Å². The van der Waals surface area contributed by atoms with Gasteiger partial charge in [0.25, 0.3) is 0 Å². The molecule has 27 heavy (non-hydrogen) atoms. The van der Waals surface area contributed by atoms with E-state index in [1.54, 1.807) is 18.2 Å². The van der Waals surface area contributed by atoms with Gasteiger partial charge in [0.2, 0.25) is 5.91 Å². The summed E-state index contributed by atoms with van der Waals surface area (Å²) in [7, 11) is 0. The molecule has 1 heterocycles. The fraction of sp³-hybridized carbons (Fsp3) is 0.316. The molecule has 1 unspecified atom stereocenters. The van der Waals surface area contributed by atoms with E-state index in [4.69, 9.17) is 9.47 Å². The number of anilines is 1. The van der Waals surface area contributed by atoms with Crippen LogP contribution in [0.15, 0.2) is 42.5 Å². The molecule has 1 amide bonds. The average Bonchev–Trinajstić information content (AvgIpc) is 2.62. The molecule has 2 aromatic carbocycles. The van der Waals surface area contributed by atoms with Gasteiger partial charge in [-0.1, -0.05) is 12.1 Å². The first-order valence-electron chi connectivity index (χ1n) is 8.38. The van der Waals surface area contributed by atoms with Crippen molar-refractivity contribution in [3.8, 4) is 5.75 Å². The minimum absolute atomic E-state index is 0. The Morgan fingerprint density at radius 2 is 2.11 bits per heavy atom. The highest BCUT2D eigenvalue weighted by atomic mass is 35.5. The van der Waals surface area contributed by atoms with Crippen LogP contribution in [0.4, 0.5) is 14.5 Å². The van der Waals surface area contributed by atoms with Crippen LogP contribution < -0.4 is 15.4 Å². The third-order valence-corrected chi connectivity index (χ3v) is 3.93. The van der Waals surface area contributed by atoms with Crippen molar-refractivity contribution in [1.82, 2.24) is 5.32 Å². The molecule has 146 valence electrons. The summed E-state index contributed by atoms with van der Waals surface area (Å²) < 4.78 is 38.0. The van der Waals surface area contributed by atoms with Gasteiger partial charge in [0, 0.05) is 30.8 Å². The average molecular weight is 399 g/mol. The molecular weight excluding hydrogens is 378 g/mol. The third-order valence-electron chi connectivity index (χ3n) is 3.93. The Kier molecular flexibility index (Phi) is 7.97. The molecule has 1 aliphatic rings. The van der Waals surface area contributed by atoms with E-state index in [0.29, 0.717) is 31.0 Å². The maximum absolute atomic E-state index is 14.2. The molecule has 3 rings (SSSR count). The van der Waals surface area contributed by atoms with Crippen LogP contribution in [0.5, 0.6) is 5.75 Å². The van der Waals surface area contributed by atoms with Gasteiger partial charge in [0.1, 0.15) is 12.4 Å². The number of benzene rings is 2. The zero-order valence-corrected chi connectivity index (χ0v) is 15.4. The van der Waals surface area contributed by atoms with E-state index in [1.807, 2.05) is 0 Å². The molecule has 0 aromatic heterocycles. The maximum Gasteiger partial charge on any atom is 0.226 e. The predicted octanol–water partition coefficient (Wildman–Crippen LogP) is 3.28. The molecular formula is C19H21ClF2N2O3. The number of morpholine rings is 1. The van der Waals surface area contributed by atoms with Crippen LogP contribution in [0, 0.1) is 11.6 Å². The number of carbonyl (C=O) groups excluding carboxylic acids is 1. The number of halogens is 3. The van der Waals surface area contributed by atoms with Crippen LogP contribution in [0.2, 0.25) is 0 Å². The highest BCUT2D eigenvalue weighted by molar-refractivity contribution is 5.91. The Bertz CT molecular complexity index is 770. The third kappa shape index (κ3) is 6.46. The lowest BCUT2D eigenvalue weighted by atomic mass is 10.2. The minimum Gasteiger partial charge on any atom is -0.486 e. The van der Waals surface area contributed by atoms with Crippen LogP contribution in [0.1, 0.15) is 12.0 Å². The highest BCUT2D eigenvalue weighted by Crippen LogP contribution is 2.22. The largest absolute Gasteiger partial charge is 0.486 e. The Balaban J connectivity index is 0.00000261. The first-order valence-corrected chi connectivity index (χ1v) is 8.38. The van der Waals surface area contributed by atoms with Crippen molar-refractivity contribution < 1.29 is 23.0 Å². The first kappa shape index (κ1) is 21.1. The zero-order chi connectivity index (χ0) is 18.4. The quantitative estimate of drug-likeness (QED) is 0.784. The summed E-state index contributed by atoms with van der Waals surface area (Å²) >= 11 is 0. The van der Waals surface area contributed by atoms with Crippen LogP contribution in [0.25, 0.3) is 0 Å². The number of nitrogens with one attached hydrogen (secondary N) is 2. The second-order valence-corrected chi connectivity index (χ2v) is 6.04. The number of hydrogen-bond donors (Lipinski definition) is 2. The van der Waals surface area contributed by atoms with E-state index in [9.17, 15) is 13.6 Å². The summed E-state index contributed by atoms with van der Waals surface area (Å²) in [4.78, 5) is 12.0. The van der Waals surface area contributed by atoms with Gasteiger partial charge in [0.15, 0.2) is 11.6 Å². The second-order valence-electron chi connectivity index (χ2n) is 6.04. The van der Waals surface area contributed by atoms with E-state index in [-0.39, 0.29) is 49.0 Å². The van der Waals surface area contributed by atoms with Crippen molar-refractivity contribution in [2.75, 3.05) is 25.1 Å². The van der Waals surface area contributed by atoms with Crippen molar-refractivity contribution in [2.45, 2.75) is 19.1 Å². The van der Waals surface area contributed by atoms with E-state index >= 15 is 0 Å². The smallest absolute Gasteiger partial charge is 0.226 e. The minimum atomic E-state index is -0.599. The van der Waals surface area contributed by atoms with Gasteiger partial charge in [-0.3, -0.25) is 4.79 Å². The SMILES string of the molecule is Cl.O=C(CC1COCCN1)Nc1ccc(OCc2cccc(F)c2)c(F)c1. The topological polar surface area (TPSA) is 59.6 Å². The van der Waals surface area contributed by atoms with Gasteiger partial charge < -0.3 is 20.1 Å². The molecule has 1 aliphatic heterocycles. The highest BCUT2D eigenvalue weighted by Gasteiger charge is 2.17. The maximum atomic E-state index is 14.2. The molecule has 0 aliphatic carbocycles. The fourth-order valence-electron chi connectivity index (χ4n) is 2.67. The van der Waals surface area contributed by atoms with Crippen LogP contribution in [0.3, 0.4) is 0 Å². The van der Waals surface area contributed by atoms with Gasteiger partial charge in [-0.05, 0) is 29.8 Å². The number of carbonyl (C=O) groups is 1. The Morgan fingerprint density at radius 3 is 2.81 bits per heavy atom. The van der Waals surface area contributed by atoms with Gasteiger partial charge >= 0.3 is 0 Å². The predicted molar refractivity (Wildman–Crippen MR) is 100 cm³/mol. The van der Waals surface area contributed by atoms with E-state index < -0.39 is 5.82 Å². The summed E-state index contributed by atoms with van der Waals surface area (Å²) in [6.07, 6.45) is 0.249. The molecule has 0 bridgehead atoms. The molecule has 0 spiro atoms. The van der Waals surface area contributed by atoms with Gasteiger partial charge in [-0.2, -0.15) is 0 Å². The molecule has 0 radical (unpaired) electrons. The summed E-state index contributed by atoms with van der Waals surface area (Å²) in [5.74, 6) is -1.16. The van der Waals surface area contributed by atoms with Crippen molar-refractivity contribution in [3.63, 3.8) is 0 Å². The van der Waals surface area contributed by atoms with Crippen molar-refractivity contribution in [2.24, 2.45) is 0 Å². The number of rotatable bonds is 6. The number of amides is 1. The zero-order valence-electron chi connectivity index (χ0n) is 14.5. The lowest BCUT2D eigenvalue weighted by Gasteiger charge is -2.23. The van der Waals surface area contributed by atoms with Crippen molar-refractivity contribution in [1.29, 1.82) is 0 Å². The van der Waals surface area contributed by atoms with Gasteiger partial charge in [-0.15, -0.1) is 12.4 Å². The monoisotopic (exact) mass is 398 g/mol. The van der Waals surface area contributed by atoms with Crippen LogP contribution in [-0.4, -0.2) is 31.7 Å². The second kappa shape index (κ2) is 10.2. The summed E-state index contributed by atoms with van der Waals surface area (Å²) in [6, 6.07) is 10.1. The molecule has 5 nitrogen and oxygen atoms in total. The van der Waals surface area contributed by atoms with E-state index in [1.165, 1.54) is 24.3 Å². The molecule has 1 fully saturated rings. The summed E-state index contributed by atoms with van der Waals surface area (Å²) in [6.45, 7) is 1.88. The van der Waals surface area contributed by atoms with Gasteiger partial charge in [-0.25, -0.2) is 8.78 Å². The summed E-state index contributed by atoms with van der Waals surface area (Å²) in [5, 5.41) is 5.84. The van der Waals surface area contributed by atoms with Crippen molar-refractivity contribution in [3.05, 3.63) is 59.7 Å². The van der Waals surface area contributed by atoms with Crippen molar-refractivity contribution >= 4 is 24.0 Å². The first-order chi connectivity index (χ1) is 12.6. The molecule has 0 saturated carbocycles.